The Balaban J connectivity index is 1.50. The second-order valence-corrected chi connectivity index (χ2v) is 7.85. The number of nitrogens with one attached hydrogen (secondary N) is 1. The van der Waals surface area contributed by atoms with Crippen molar-refractivity contribution in [2.75, 3.05) is 5.32 Å². The van der Waals surface area contributed by atoms with Crippen LogP contribution in [0.5, 0.6) is 11.5 Å². The highest BCUT2D eigenvalue weighted by Crippen LogP contribution is 2.18. The monoisotopic (exact) mass is 496 g/mol. The molecule has 0 aliphatic rings. The van der Waals surface area contributed by atoms with Crippen LogP contribution in [0.15, 0.2) is 84.9 Å². The van der Waals surface area contributed by atoms with Gasteiger partial charge in [0, 0.05) is 5.69 Å². The number of carbonyl (C=O) groups excluding carboxylic acids is 1. The van der Waals surface area contributed by atoms with Crippen molar-refractivity contribution >= 4 is 23.8 Å². The molecule has 4 rings (SSSR count). The van der Waals surface area contributed by atoms with Crippen LogP contribution in [0.4, 0.5) is 14.5 Å². The number of anilines is 1. The summed E-state index contributed by atoms with van der Waals surface area (Å²) in [7, 11) is 0. The van der Waals surface area contributed by atoms with E-state index < -0.39 is 6.61 Å². The van der Waals surface area contributed by atoms with Crippen molar-refractivity contribution in [1.29, 1.82) is 0 Å². The van der Waals surface area contributed by atoms with E-state index in [1.165, 1.54) is 28.9 Å². The molecule has 35 heavy (non-hydrogen) atoms. The molecule has 0 atom stereocenters. The van der Waals surface area contributed by atoms with E-state index >= 15 is 0 Å². The van der Waals surface area contributed by atoms with Crippen LogP contribution in [0.1, 0.15) is 11.4 Å². The zero-order valence-electron chi connectivity index (χ0n) is 18.5. The summed E-state index contributed by atoms with van der Waals surface area (Å²) in [6.07, 6.45) is 0. The summed E-state index contributed by atoms with van der Waals surface area (Å²) in [6.45, 7) is -2.40. The Morgan fingerprint density at radius 3 is 2.26 bits per heavy atom. The van der Waals surface area contributed by atoms with E-state index in [1.54, 1.807) is 0 Å². The number of carbonyl (C=O) groups is 1. The van der Waals surface area contributed by atoms with Gasteiger partial charge in [-0.25, -0.2) is 4.68 Å². The van der Waals surface area contributed by atoms with E-state index in [4.69, 9.17) is 17.0 Å². The first-order chi connectivity index (χ1) is 17.0. The average molecular weight is 497 g/mol. The molecule has 0 saturated carbocycles. The molecule has 0 aliphatic heterocycles. The van der Waals surface area contributed by atoms with Crippen molar-refractivity contribution < 1.29 is 23.0 Å². The van der Waals surface area contributed by atoms with Crippen LogP contribution in [0.3, 0.4) is 0 Å². The molecule has 7 nitrogen and oxygen atoms in total. The third-order valence-corrected chi connectivity index (χ3v) is 5.38. The number of aromatic nitrogens is 3. The van der Waals surface area contributed by atoms with Gasteiger partial charge in [0.15, 0.2) is 10.6 Å². The lowest BCUT2D eigenvalue weighted by molar-refractivity contribution is -0.117. The first-order valence-electron chi connectivity index (χ1n) is 10.7. The lowest BCUT2D eigenvalue weighted by Crippen LogP contribution is -2.20. The molecule has 1 amide bonds. The van der Waals surface area contributed by atoms with Crippen molar-refractivity contribution in [2.24, 2.45) is 0 Å². The minimum absolute atomic E-state index is 0.00271. The summed E-state index contributed by atoms with van der Waals surface area (Å²) in [4.78, 5) is 12.6. The average Bonchev–Trinajstić information content (AvgIpc) is 3.14. The van der Waals surface area contributed by atoms with E-state index in [1.807, 2.05) is 65.2 Å². The van der Waals surface area contributed by atoms with Gasteiger partial charge in [0.1, 0.15) is 24.7 Å². The fourth-order valence-corrected chi connectivity index (χ4v) is 3.62. The predicted molar refractivity (Wildman–Crippen MR) is 129 cm³/mol. The van der Waals surface area contributed by atoms with Gasteiger partial charge in [-0.3, -0.25) is 9.36 Å². The number of nitrogens with zero attached hydrogens (tertiary/aromatic N) is 3. The molecule has 0 bridgehead atoms. The number of hydrogen-bond donors (Lipinski definition) is 1. The van der Waals surface area contributed by atoms with Gasteiger partial charge in [-0.15, -0.1) is 0 Å². The molecule has 0 radical (unpaired) electrons. The lowest BCUT2D eigenvalue weighted by Gasteiger charge is -2.08. The van der Waals surface area contributed by atoms with Gasteiger partial charge in [0.2, 0.25) is 5.91 Å². The van der Waals surface area contributed by atoms with Crippen LogP contribution in [0, 0.1) is 4.77 Å². The summed E-state index contributed by atoms with van der Waals surface area (Å²) in [5, 5.41) is 7.24. The number of hydrogen-bond acceptors (Lipinski definition) is 5. The minimum atomic E-state index is -2.91. The van der Waals surface area contributed by atoms with E-state index in [2.05, 4.69) is 15.2 Å². The summed E-state index contributed by atoms with van der Waals surface area (Å²) in [5.74, 6) is 0.895. The summed E-state index contributed by atoms with van der Waals surface area (Å²) >= 11 is 5.62. The largest absolute Gasteiger partial charge is 0.486 e. The molecule has 4 aromatic rings. The molecule has 10 heteroatoms. The van der Waals surface area contributed by atoms with Crippen molar-refractivity contribution in [3.63, 3.8) is 0 Å². The molecule has 1 heterocycles. The number of rotatable bonds is 10. The van der Waals surface area contributed by atoms with Gasteiger partial charge in [-0.2, -0.15) is 13.9 Å². The Kier molecular flexibility index (Phi) is 7.84. The summed E-state index contributed by atoms with van der Waals surface area (Å²) < 4.78 is 38.4. The third-order valence-electron chi connectivity index (χ3n) is 4.95. The van der Waals surface area contributed by atoms with Crippen LogP contribution < -0.4 is 14.8 Å². The maximum Gasteiger partial charge on any atom is 0.387 e. The Hall–Kier alpha value is -4.05. The molecule has 3 aromatic carbocycles. The van der Waals surface area contributed by atoms with Gasteiger partial charge in [0.05, 0.1) is 6.54 Å². The highest BCUT2D eigenvalue weighted by molar-refractivity contribution is 7.71. The normalized spacial score (nSPS) is 10.8. The molecular formula is C25H22F2N4O3S. The van der Waals surface area contributed by atoms with E-state index in [0.29, 0.717) is 28.6 Å². The van der Waals surface area contributed by atoms with Crippen molar-refractivity contribution in [2.45, 2.75) is 26.3 Å². The van der Waals surface area contributed by atoms with Crippen LogP contribution in [0.25, 0.3) is 0 Å². The highest BCUT2D eigenvalue weighted by atomic mass is 32.1. The Bertz CT molecular complexity index is 1310. The molecule has 0 aliphatic carbocycles. The first kappa shape index (κ1) is 24.1. The van der Waals surface area contributed by atoms with Gasteiger partial charge in [0.25, 0.3) is 0 Å². The topological polar surface area (TPSA) is 70.3 Å². The highest BCUT2D eigenvalue weighted by Gasteiger charge is 2.15. The summed E-state index contributed by atoms with van der Waals surface area (Å²) in [6, 6.07) is 24.8. The van der Waals surface area contributed by atoms with Crippen LogP contribution in [-0.4, -0.2) is 26.9 Å². The molecule has 0 saturated heterocycles. The Morgan fingerprint density at radius 2 is 1.60 bits per heavy atom. The molecular weight excluding hydrogens is 474 g/mol. The molecule has 1 aromatic heterocycles. The Morgan fingerprint density at radius 1 is 0.943 bits per heavy atom. The van der Waals surface area contributed by atoms with Crippen LogP contribution >= 0.6 is 12.2 Å². The zero-order valence-corrected chi connectivity index (χ0v) is 19.3. The number of ether oxygens (including phenoxy) is 2. The fraction of sp³-hybridized carbons (Fsp3) is 0.160. The van der Waals surface area contributed by atoms with Crippen LogP contribution in [0.2, 0.25) is 0 Å². The Labute approximate surface area is 205 Å². The maximum absolute atomic E-state index is 12.6. The van der Waals surface area contributed by atoms with Crippen molar-refractivity contribution in [3.05, 3.63) is 101 Å². The molecule has 0 spiro atoms. The predicted octanol–water partition coefficient (Wildman–Crippen LogP) is 5.28. The zero-order chi connectivity index (χ0) is 24.6. The van der Waals surface area contributed by atoms with Gasteiger partial charge >= 0.3 is 6.61 Å². The van der Waals surface area contributed by atoms with E-state index in [-0.39, 0.29) is 24.8 Å². The minimum Gasteiger partial charge on any atom is -0.486 e. The van der Waals surface area contributed by atoms with E-state index in [9.17, 15) is 13.6 Å². The number of amides is 1. The molecule has 0 fully saturated rings. The number of alkyl halides is 2. The van der Waals surface area contributed by atoms with Gasteiger partial charge in [-0.1, -0.05) is 48.5 Å². The second kappa shape index (κ2) is 11.4. The number of benzene rings is 3. The first-order valence-corrected chi connectivity index (χ1v) is 11.1. The molecule has 0 unspecified atom stereocenters. The molecule has 1 N–H and O–H groups in total. The van der Waals surface area contributed by atoms with Crippen LogP contribution in [-0.2, 0) is 24.5 Å². The van der Waals surface area contributed by atoms with Crippen molar-refractivity contribution in [1.82, 2.24) is 14.3 Å². The molecule has 180 valence electrons. The van der Waals surface area contributed by atoms with Crippen molar-refractivity contribution in [3.8, 4) is 11.5 Å². The number of para-hydroxylation sites is 1. The fourth-order valence-electron chi connectivity index (χ4n) is 3.34. The smallest absolute Gasteiger partial charge is 0.387 e. The number of halogens is 2. The van der Waals surface area contributed by atoms with Gasteiger partial charge in [-0.05, 0) is 54.2 Å². The van der Waals surface area contributed by atoms with E-state index in [0.717, 1.165) is 5.56 Å². The SMILES string of the molecule is O=C(Cn1nc(COc2ccccc2)n(Cc2ccccc2)c1=S)Nc1ccc(OC(F)F)cc1. The standard InChI is InChI=1S/C25H22F2N4O3S/c26-24(27)34-21-13-11-19(12-14-21)28-23(32)16-31-25(35)30(15-18-7-3-1-4-8-18)22(29-31)17-33-20-9-5-2-6-10-20/h1-14,24H,15-17H2,(H,28,32). The quantitative estimate of drug-likeness (QED) is 0.303. The third kappa shape index (κ3) is 6.73. The second-order valence-electron chi connectivity index (χ2n) is 7.48. The van der Waals surface area contributed by atoms with Gasteiger partial charge < -0.3 is 14.8 Å². The maximum atomic E-state index is 12.6. The summed E-state index contributed by atoms with van der Waals surface area (Å²) in [5.41, 5.74) is 1.46. The lowest BCUT2D eigenvalue weighted by atomic mass is 10.2.